The van der Waals surface area contributed by atoms with Gasteiger partial charge in [0.25, 0.3) is 0 Å². The van der Waals surface area contributed by atoms with Crippen molar-refractivity contribution in [3.05, 3.63) is 34.9 Å². The van der Waals surface area contributed by atoms with Crippen LogP contribution in [-0.4, -0.2) is 23.1 Å². The molecule has 0 aliphatic carbocycles. The smallest absolute Gasteiger partial charge is 0.326 e. The summed E-state index contributed by atoms with van der Waals surface area (Å²) in [6, 6.07) is 5.72. The van der Waals surface area contributed by atoms with E-state index in [2.05, 4.69) is 10.6 Å². The van der Waals surface area contributed by atoms with Gasteiger partial charge in [-0.3, -0.25) is 0 Å². The molecule has 0 fully saturated rings. The Morgan fingerprint density at radius 2 is 2.05 bits per heavy atom. The van der Waals surface area contributed by atoms with E-state index in [4.69, 9.17) is 16.7 Å². The SMILES string of the molecule is CC(C)CC(NC(=O)NCc1cccc(Cl)c1)C(=O)O. The molecule has 6 heteroatoms. The second-order valence-electron chi connectivity index (χ2n) is 4.98. The van der Waals surface area contributed by atoms with E-state index in [0.29, 0.717) is 18.0 Å². The molecular weight excluding hydrogens is 280 g/mol. The first-order valence-corrected chi connectivity index (χ1v) is 6.78. The van der Waals surface area contributed by atoms with Gasteiger partial charge >= 0.3 is 12.0 Å². The zero-order chi connectivity index (χ0) is 15.1. The Morgan fingerprint density at radius 1 is 1.35 bits per heavy atom. The Bertz CT molecular complexity index is 477. The second-order valence-corrected chi connectivity index (χ2v) is 5.41. The lowest BCUT2D eigenvalue weighted by molar-refractivity contribution is -0.139. The highest BCUT2D eigenvalue weighted by atomic mass is 35.5. The quantitative estimate of drug-likeness (QED) is 0.755. The van der Waals surface area contributed by atoms with Crippen molar-refractivity contribution in [3.8, 4) is 0 Å². The summed E-state index contributed by atoms with van der Waals surface area (Å²) in [5, 5.41) is 14.7. The monoisotopic (exact) mass is 298 g/mol. The third kappa shape index (κ3) is 5.93. The first-order valence-electron chi connectivity index (χ1n) is 6.40. The normalized spacial score (nSPS) is 12.0. The van der Waals surface area contributed by atoms with Crippen molar-refractivity contribution >= 4 is 23.6 Å². The molecule has 110 valence electrons. The van der Waals surface area contributed by atoms with Crippen LogP contribution < -0.4 is 10.6 Å². The van der Waals surface area contributed by atoms with Gasteiger partial charge in [-0.25, -0.2) is 9.59 Å². The van der Waals surface area contributed by atoms with Crippen LogP contribution in [0, 0.1) is 5.92 Å². The summed E-state index contributed by atoms with van der Waals surface area (Å²) in [5.74, 6) is -0.846. The van der Waals surface area contributed by atoms with Gasteiger partial charge in [0.2, 0.25) is 0 Å². The van der Waals surface area contributed by atoms with Crippen molar-refractivity contribution in [1.82, 2.24) is 10.6 Å². The van der Waals surface area contributed by atoms with Gasteiger partial charge in [-0.2, -0.15) is 0 Å². The molecule has 0 heterocycles. The van der Waals surface area contributed by atoms with E-state index in [9.17, 15) is 9.59 Å². The Hall–Kier alpha value is -1.75. The minimum absolute atomic E-state index is 0.185. The Labute approximate surface area is 123 Å². The highest BCUT2D eigenvalue weighted by Crippen LogP contribution is 2.10. The van der Waals surface area contributed by atoms with Crippen LogP contribution in [0.15, 0.2) is 24.3 Å². The van der Waals surface area contributed by atoms with Crippen molar-refractivity contribution < 1.29 is 14.7 Å². The maximum Gasteiger partial charge on any atom is 0.326 e. The van der Waals surface area contributed by atoms with Crippen LogP contribution >= 0.6 is 11.6 Å². The molecule has 1 aromatic carbocycles. The van der Waals surface area contributed by atoms with Crippen LogP contribution in [0.2, 0.25) is 5.02 Å². The standard InChI is InChI=1S/C14H19ClN2O3/c1-9(2)6-12(13(18)19)17-14(20)16-8-10-4-3-5-11(15)7-10/h3-5,7,9,12H,6,8H2,1-2H3,(H,18,19)(H2,16,17,20). The zero-order valence-electron chi connectivity index (χ0n) is 11.5. The first kappa shape index (κ1) is 16.3. The molecule has 1 unspecified atom stereocenters. The molecule has 1 aromatic rings. The number of amides is 2. The van der Waals surface area contributed by atoms with Crippen LogP contribution in [0.3, 0.4) is 0 Å². The molecule has 0 radical (unpaired) electrons. The predicted molar refractivity (Wildman–Crippen MR) is 77.7 cm³/mol. The summed E-state index contributed by atoms with van der Waals surface area (Å²) in [7, 11) is 0. The highest BCUT2D eigenvalue weighted by molar-refractivity contribution is 6.30. The van der Waals surface area contributed by atoms with Crippen molar-refractivity contribution in [2.24, 2.45) is 5.92 Å². The average Bonchev–Trinajstić information content (AvgIpc) is 2.35. The minimum Gasteiger partial charge on any atom is -0.480 e. The molecule has 1 rings (SSSR count). The molecule has 0 spiro atoms. The Morgan fingerprint density at radius 3 is 2.60 bits per heavy atom. The molecule has 0 aliphatic rings. The second kappa shape index (κ2) is 7.75. The van der Waals surface area contributed by atoms with E-state index in [1.807, 2.05) is 19.9 Å². The fourth-order valence-corrected chi connectivity index (χ4v) is 1.94. The molecule has 3 N–H and O–H groups in total. The van der Waals surface area contributed by atoms with Gasteiger partial charge in [-0.05, 0) is 30.0 Å². The molecule has 0 saturated carbocycles. The topological polar surface area (TPSA) is 78.4 Å². The number of carbonyl (C=O) groups excluding carboxylic acids is 1. The molecule has 5 nitrogen and oxygen atoms in total. The van der Waals surface area contributed by atoms with Gasteiger partial charge in [-0.15, -0.1) is 0 Å². The van der Waals surface area contributed by atoms with Crippen molar-refractivity contribution in [3.63, 3.8) is 0 Å². The largest absolute Gasteiger partial charge is 0.480 e. The van der Waals surface area contributed by atoms with E-state index in [0.717, 1.165) is 5.56 Å². The number of nitrogens with one attached hydrogen (secondary N) is 2. The Balaban J connectivity index is 2.47. The van der Waals surface area contributed by atoms with E-state index >= 15 is 0 Å². The molecule has 0 aromatic heterocycles. The van der Waals surface area contributed by atoms with Gasteiger partial charge in [-0.1, -0.05) is 37.6 Å². The molecule has 0 aliphatic heterocycles. The number of hydrogen-bond donors (Lipinski definition) is 3. The number of carboxylic acids is 1. The van der Waals surface area contributed by atoms with E-state index in [-0.39, 0.29) is 5.92 Å². The van der Waals surface area contributed by atoms with Crippen molar-refractivity contribution in [2.75, 3.05) is 0 Å². The fraction of sp³-hybridized carbons (Fsp3) is 0.429. The van der Waals surface area contributed by atoms with Crippen LogP contribution in [0.1, 0.15) is 25.8 Å². The summed E-state index contributed by atoms with van der Waals surface area (Å²) in [6.07, 6.45) is 0.389. The molecule has 0 saturated heterocycles. The number of urea groups is 1. The number of benzene rings is 1. The van der Waals surface area contributed by atoms with Crippen molar-refractivity contribution in [2.45, 2.75) is 32.9 Å². The van der Waals surface area contributed by atoms with Gasteiger partial charge in [0.1, 0.15) is 6.04 Å². The van der Waals surface area contributed by atoms with E-state index < -0.39 is 18.0 Å². The number of halogens is 1. The Kier molecular flexibility index (Phi) is 6.31. The molecule has 0 bridgehead atoms. The number of carbonyl (C=O) groups is 2. The lowest BCUT2D eigenvalue weighted by Crippen LogP contribution is -2.46. The van der Waals surface area contributed by atoms with Crippen LogP contribution in [0.25, 0.3) is 0 Å². The third-order valence-electron chi connectivity index (χ3n) is 2.65. The van der Waals surface area contributed by atoms with Crippen LogP contribution in [-0.2, 0) is 11.3 Å². The number of rotatable bonds is 6. The van der Waals surface area contributed by atoms with Crippen LogP contribution in [0.4, 0.5) is 4.79 Å². The minimum atomic E-state index is -1.03. The lowest BCUT2D eigenvalue weighted by atomic mass is 10.0. The molecule has 20 heavy (non-hydrogen) atoms. The molecule has 2 amide bonds. The van der Waals surface area contributed by atoms with Gasteiger partial charge < -0.3 is 15.7 Å². The molecular formula is C14H19ClN2O3. The summed E-state index contributed by atoms with van der Waals surface area (Å²) in [6.45, 7) is 4.10. The number of hydrogen-bond acceptors (Lipinski definition) is 2. The van der Waals surface area contributed by atoms with Crippen LogP contribution in [0.5, 0.6) is 0 Å². The lowest BCUT2D eigenvalue weighted by Gasteiger charge is -2.17. The first-order chi connectivity index (χ1) is 9.38. The maximum atomic E-state index is 11.7. The predicted octanol–water partition coefficient (Wildman–Crippen LogP) is 2.64. The maximum absolute atomic E-state index is 11.7. The summed E-state index contributed by atoms with van der Waals surface area (Å²) >= 11 is 5.84. The summed E-state index contributed by atoms with van der Waals surface area (Å²) < 4.78 is 0. The van der Waals surface area contributed by atoms with Gasteiger partial charge in [0.05, 0.1) is 0 Å². The number of carboxylic acid groups (broad SMARTS) is 1. The van der Waals surface area contributed by atoms with E-state index in [1.54, 1.807) is 18.2 Å². The van der Waals surface area contributed by atoms with Gasteiger partial charge in [0.15, 0.2) is 0 Å². The fourth-order valence-electron chi connectivity index (χ4n) is 1.73. The molecule has 1 atom stereocenters. The zero-order valence-corrected chi connectivity index (χ0v) is 12.3. The van der Waals surface area contributed by atoms with Gasteiger partial charge in [0, 0.05) is 11.6 Å². The number of aliphatic carboxylic acids is 1. The average molecular weight is 299 g/mol. The third-order valence-corrected chi connectivity index (χ3v) is 2.89. The van der Waals surface area contributed by atoms with Crippen molar-refractivity contribution in [1.29, 1.82) is 0 Å². The van der Waals surface area contributed by atoms with E-state index in [1.165, 1.54) is 0 Å². The highest BCUT2D eigenvalue weighted by Gasteiger charge is 2.20. The summed E-state index contributed by atoms with van der Waals surface area (Å²) in [5.41, 5.74) is 0.850. The summed E-state index contributed by atoms with van der Waals surface area (Å²) in [4.78, 5) is 22.7.